The van der Waals surface area contributed by atoms with E-state index in [1.807, 2.05) is 0 Å². The summed E-state index contributed by atoms with van der Waals surface area (Å²) >= 11 is 0. The third-order valence-corrected chi connectivity index (χ3v) is 20.1. The Balaban J connectivity index is 1.05. The van der Waals surface area contributed by atoms with E-state index >= 15 is 0 Å². The molecule has 74 heavy (non-hydrogen) atoms. The van der Waals surface area contributed by atoms with Gasteiger partial charge in [-0.05, 0) is 183 Å². The number of para-hydroxylation sites is 1. The van der Waals surface area contributed by atoms with Crippen molar-refractivity contribution in [2.45, 2.75) is 127 Å². The lowest BCUT2D eigenvalue weighted by Crippen LogP contribution is -2.56. The molecule has 0 radical (unpaired) electrons. The van der Waals surface area contributed by atoms with Crippen LogP contribution in [0.3, 0.4) is 0 Å². The van der Waals surface area contributed by atoms with Crippen molar-refractivity contribution in [3.05, 3.63) is 174 Å². The number of nitrogens with zero attached hydrogens (tertiary/aromatic N) is 2. The van der Waals surface area contributed by atoms with Crippen molar-refractivity contribution in [2.75, 3.05) is 4.90 Å². The molecule has 4 heterocycles. The van der Waals surface area contributed by atoms with E-state index in [1.165, 1.54) is 179 Å². The molecular weight excluding hydrogens is 896 g/mol. The van der Waals surface area contributed by atoms with Gasteiger partial charge in [0.25, 0.3) is 0 Å². The van der Waals surface area contributed by atoms with Crippen LogP contribution in [0, 0.1) is 11.8 Å². The monoisotopic (exact) mass is 961 g/mol. The second-order valence-electron chi connectivity index (χ2n) is 25.2. The summed E-state index contributed by atoms with van der Waals surface area (Å²) < 4.78 is 9.77. The molecule has 0 spiro atoms. The highest BCUT2D eigenvalue weighted by atomic mass is 16.3. The number of benzene rings is 8. The first kappa shape index (κ1) is 43.6. The van der Waals surface area contributed by atoms with Gasteiger partial charge >= 0.3 is 6.85 Å². The Morgan fingerprint density at radius 1 is 0.486 bits per heavy atom. The summed E-state index contributed by atoms with van der Waals surface area (Å²) in [5.41, 5.74) is 23.8. The highest BCUT2D eigenvalue weighted by molar-refractivity contribution is 6.90. The molecule has 4 heteroatoms. The normalized spacial score (nSPS) is 22.9. The third kappa shape index (κ3) is 6.33. The van der Waals surface area contributed by atoms with Crippen molar-refractivity contribution in [1.29, 1.82) is 0 Å². The fourth-order valence-corrected chi connectivity index (χ4v) is 16.7. The highest BCUT2D eigenvalue weighted by Crippen LogP contribution is 2.56. The molecule has 0 saturated heterocycles. The van der Waals surface area contributed by atoms with Crippen LogP contribution in [0.25, 0.3) is 77.1 Å². The van der Waals surface area contributed by atoms with Crippen molar-refractivity contribution in [3.8, 4) is 33.4 Å². The first-order valence-corrected chi connectivity index (χ1v) is 28.5. The number of rotatable bonds is 5. The molecule has 10 aromatic rings. The van der Waals surface area contributed by atoms with Crippen LogP contribution >= 0.6 is 0 Å². The van der Waals surface area contributed by atoms with Gasteiger partial charge in [-0.25, -0.2) is 0 Å². The predicted molar refractivity (Wildman–Crippen MR) is 312 cm³/mol. The number of fused-ring (bicyclic) bond motifs is 14. The van der Waals surface area contributed by atoms with Crippen LogP contribution in [0.4, 0.5) is 17.1 Å². The van der Waals surface area contributed by atoms with Crippen LogP contribution in [0.15, 0.2) is 162 Å². The van der Waals surface area contributed by atoms with Gasteiger partial charge in [0.05, 0.1) is 5.69 Å². The molecule has 4 bridgehead atoms. The standard InChI is InChI=1S/C70H65BN2O/c1-68(2,3)49-26-28-60(53(36-49)47-22-8-5-9-23-47)72-62-40-55-52-24-10-11-25-64(52)74-65(55)41-59(62)71-66-56(34-48(35-63(66)72)46-20-6-4-7-21-46)58-39-51(70-32-14-18-45(43-70)19-15-33-70)38-57-54-37-50(27-29-61(54)73(71)67(57)58)69-30-12-16-44(42-69)17-13-31-69/h4-11,20-29,34-41,44-45H,12-19,30-33,42-43H2,1-3H3. The number of anilines is 3. The van der Waals surface area contributed by atoms with E-state index in [0.29, 0.717) is 0 Å². The van der Waals surface area contributed by atoms with Gasteiger partial charge < -0.3 is 13.8 Å². The first-order chi connectivity index (χ1) is 36.2. The number of aromatic nitrogens is 1. The van der Waals surface area contributed by atoms with E-state index in [9.17, 15) is 0 Å². The van der Waals surface area contributed by atoms with E-state index in [-0.39, 0.29) is 23.1 Å². The summed E-state index contributed by atoms with van der Waals surface area (Å²) in [7, 11) is 0. The summed E-state index contributed by atoms with van der Waals surface area (Å²) in [5.74, 6) is 1.71. The van der Waals surface area contributed by atoms with Crippen molar-refractivity contribution >= 4 is 78.6 Å². The average molecular weight is 961 g/mol. The zero-order valence-electron chi connectivity index (χ0n) is 43.4. The van der Waals surface area contributed by atoms with E-state index in [2.05, 4.69) is 188 Å². The van der Waals surface area contributed by atoms with Crippen LogP contribution in [-0.2, 0) is 16.2 Å². The van der Waals surface area contributed by atoms with Crippen molar-refractivity contribution in [3.63, 3.8) is 0 Å². The fraction of sp³-hybridized carbons (Fsp3) is 0.314. The smallest absolute Gasteiger partial charge is 0.333 e. The van der Waals surface area contributed by atoms with Gasteiger partial charge in [0.15, 0.2) is 0 Å². The summed E-state index contributed by atoms with van der Waals surface area (Å²) in [6.07, 6.45) is 19.0. The van der Waals surface area contributed by atoms with Gasteiger partial charge in [0.1, 0.15) is 11.2 Å². The topological polar surface area (TPSA) is 21.3 Å². The Labute approximate surface area is 436 Å². The number of hydrogen-bond acceptors (Lipinski definition) is 2. The fourth-order valence-electron chi connectivity index (χ4n) is 16.7. The van der Waals surface area contributed by atoms with Gasteiger partial charge in [0.2, 0.25) is 0 Å². The first-order valence-electron chi connectivity index (χ1n) is 28.5. The zero-order chi connectivity index (χ0) is 49.1. The van der Waals surface area contributed by atoms with E-state index in [0.717, 1.165) is 33.8 Å². The lowest BCUT2D eigenvalue weighted by molar-refractivity contribution is 0.149. The molecule has 0 unspecified atom stereocenters. The van der Waals surface area contributed by atoms with Crippen molar-refractivity contribution < 1.29 is 4.42 Å². The minimum absolute atomic E-state index is 0.0329. The Kier molecular flexibility index (Phi) is 9.35. The molecule has 0 atom stereocenters. The summed E-state index contributed by atoms with van der Waals surface area (Å²) in [4.78, 5) is 2.68. The van der Waals surface area contributed by atoms with Crippen LogP contribution in [0.1, 0.15) is 127 Å². The van der Waals surface area contributed by atoms with Crippen LogP contribution < -0.4 is 15.8 Å². The summed E-state index contributed by atoms with van der Waals surface area (Å²) in [6, 6.07) is 61.9. The van der Waals surface area contributed by atoms with Gasteiger partial charge in [-0.2, -0.15) is 0 Å². The second-order valence-corrected chi connectivity index (χ2v) is 25.2. The van der Waals surface area contributed by atoms with Crippen LogP contribution in [0.5, 0.6) is 0 Å². The second kappa shape index (κ2) is 15.9. The Hall–Kier alpha value is -6.78. The maximum Gasteiger partial charge on any atom is 0.333 e. The molecular formula is C70H65BN2O. The lowest BCUT2D eigenvalue weighted by atomic mass is 9.44. The minimum atomic E-state index is -0.0919. The molecule has 2 aromatic heterocycles. The Morgan fingerprint density at radius 3 is 1.86 bits per heavy atom. The van der Waals surface area contributed by atoms with Gasteiger partial charge in [0, 0.05) is 55.1 Å². The molecule has 2 aliphatic heterocycles. The molecule has 4 fully saturated rings. The van der Waals surface area contributed by atoms with Gasteiger partial charge in [-0.1, -0.05) is 163 Å². The molecule has 6 aliphatic rings. The summed E-state index contributed by atoms with van der Waals surface area (Å²) in [5, 5.41) is 5.23. The maximum atomic E-state index is 6.94. The van der Waals surface area contributed by atoms with Crippen LogP contribution in [0.2, 0.25) is 0 Å². The van der Waals surface area contributed by atoms with Gasteiger partial charge in [-0.3, -0.25) is 0 Å². The number of furan rings is 1. The van der Waals surface area contributed by atoms with Crippen LogP contribution in [-0.4, -0.2) is 11.3 Å². The maximum absolute atomic E-state index is 6.94. The largest absolute Gasteiger partial charge is 0.456 e. The SMILES string of the molecule is CC(C)(C)c1ccc(N2c3cc4c(cc3B3c5c(cc(-c6ccccc6)cc52)-c2cc(C56CCCC(CCC5)C6)cc5c6cc(C78CCCC(CCC7)C8)ccc6n3c25)oc2ccccc24)c(-c2ccccc2)c1. The molecule has 8 aromatic carbocycles. The molecule has 0 amide bonds. The minimum Gasteiger partial charge on any atom is -0.456 e. The molecule has 16 rings (SSSR count). The molecule has 3 nitrogen and oxygen atoms in total. The lowest BCUT2D eigenvalue weighted by Gasteiger charge is -2.46. The zero-order valence-corrected chi connectivity index (χ0v) is 43.4. The summed E-state index contributed by atoms with van der Waals surface area (Å²) in [6.45, 7) is 6.94. The Bertz CT molecular complexity index is 3920. The van der Waals surface area contributed by atoms with E-state index in [1.54, 1.807) is 11.1 Å². The molecule has 4 saturated carbocycles. The molecule has 0 N–H and O–H groups in total. The number of hydrogen-bond donors (Lipinski definition) is 0. The third-order valence-electron chi connectivity index (χ3n) is 20.1. The quantitative estimate of drug-likeness (QED) is 0.160. The predicted octanol–water partition coefficient (Wildman–Crippen LogP) is 18.0. The average Bonchev–Trinajstić information content (AvgIpc) is 4.09. The highest BCUT2D eigenvalue weighted by Gasteiger charge is 2.47. The molecule has 364 valence electrons. The van der Waals surface area contributed by atoms with Crippen molar-refractivity contribution in [2.24, 2.45) is 11.8 Å². The van der Waals surface area contributed by atoms with E-state index in [4.69, 9.17) is 4.42 Å². The van der Waals surface area contributed by atoms with E-state index < -0.39 is 0 Å². The molecule has 4 aliphatic carbocycles. The van der Waals surface area contributed by atoms with Crippen molar-refractivity contribution in [1.82, 2.24) is 4.48 Å². The van der Waals surface area contributed by atoms with Gasteiger partial charge in [-0.15, -0.1) is 0 Å². The Morgan fingerprint density at radius 2 is 1.15 bits per heavy atom.